The molecule has 7 rings (SSSR count). The molecule has 2 aliphatic rings. The molecule has 4 N–H and O–H groups in total. The Bertz CT molecular complexity index is 3170. The van der Waals surface area contributed by atoms with Crippen molar-refractivity contribution >= 4 is 75.8 Å². The summed E-state index contributed by atoms with van der Waals surface area (Å²) < 4.78 is 73.8. The van der Waals surface area contributed by atoms with Crippen molar-refractivity contribution in [1.82, 2.24) is 20.0 Å². The van der Waals surface area contributed by atoms with Gasteiger partial charge in [-0.2, -0.15) is 13.2 Å². The van der Waals surface area contributed by atoms with Crippen molar-refractivity contribution in [3.63, 3.8) is 0 Å². The number of aliphatic hydroxyl groups is 1. The van der Waals surface area contributed by atoms with Crippen LogP contribution in [0.4, 0.5) is 35.0 Å². The Morgan fingerprint density at radius 1 is 0.798 bits per heavy atom. The third-order valence-corrected chi connectivity index (χ3v) is 13.4. The number of halogens is 5. The molecule has 0 aromatic heterocycles. The number of benzene rings is 5. The minimum absolute atomic E-state index is 0.0826. The number of nitro benzene ring substituents is 1. The average Bonchev–Trinajstić information content (AvgIpc) is 1.92. The van der Waals surface area contributed by atoms with E-state index in [1.54, 1.807) is 54.5 Å². The Morgan fingerprint density at radius 2 is 1.42 bits per heavy atom. The Hall–Kier alpha value is -8.07. The topological polar surface area (TPSA) is 262 Å². The molecule has 2 aliphatic heterocycles. The highest BCUT2D eigenvalue weighted by molar-refractivity contribution is 6.30. The number of methoxy groups -OCH3 is 1. The molecule has 6 amide bonds. The molecule has 2 heterocycles. The number of amides is 6. The summed E-state index contributed by atoms with van der Waals surface area (Å²) in [4.78, 5) is 86.3. The molecule has 0 spiro atoms. The highest BCUT2D eigenvalue weighted by Crippen LogP contribution is 2.46. The zero-order valence-electron chi connectivity index (χ0n) is 46.0. The number of rotatable bonds is 26. The Morgan fingerprint density at radius 3 is 2.04 bits per heavy atom. The van der Waals surface area contributed by atoms with Crippen molar-refractivity contribution in [3.8, 4) is 17.2 Å². The van der Waals surface area contributed by atoms with Gasteiger partial charge in [0, 0.05) is 53.2 Å². The fraction of sp³-hybridized carbons (Fsp3) is 0.368. The van der Waals surface area contributed by atoms with Crippen LogP contribution in [0.5, 0.6) is 17.2 Å². The molecule has 5 aromatic rings. The number of amidine groups is 1. The van der Waals surface area contributed by atoms with Crippen molar-refractivity contribution < 1.29 is 75.6 Å². The van der Waals surface area contributed by atoms with Crippen molar-refractivity contribution in [2.45, 2.75) is 50.7 Å². The quantitative estimate of drug-likeness (QED) is 0.0232. The molecule has 0 bridgehead atoms. The Balaban J connectivity index is 0.792. The summed E-state index contributed by atoms with van der Waals surface area (Å²) in [6, 6.07) is 25.6. The van der Waals surface area contributed by atoms with Crippen LogP contribution < -0.4 is 30.2 Å². The van der Waals surface area contributed by atoms with Gasteiger partial charge in [-0.1, -0.05) is 47.5 Å². The van der Waals surface area contributed by atoms with Crippen LogP contribution in [0.25, 0.3) is 0 Å². The highest BCUT2D eigenvalue weighted by atomic mass is 35.5. The third-order valence-electron chi connectivity index (χ3n) is 12.9. The van der Waals surface area contributed by atoms with Crippen LogP contribution in [0.15, 0.2) is 114 Å². The smallest absolute Gasteiger partial charge is 0.423 e. The van der Waals surface area contributed by atoms with Gasteiger partial charge in [-0.25, -0.2) is 4.79 Å². The number of ether oxygens (including phenoxy) is 6. The second-order valence-electron chi connectivity index (χ2n) is 19.6. The van der Waals surface area contributed by atoms with Gasteiger partial charge in [0.15, 0.2) is 5.60 Å². The summed E-state index contributed by atoms with van der Waals surface area (Å²) >= 11 is 12.7. The van der Waals surface area contributed by atoms with Gasteiger partial charge in [0.25, 0.3) is 11.6 Å². The van der Waals surface area contributed by atoms with E-state index < -0.39 is 82.0 Å². The second-order valence-corrected chi connectivity index (χ2v) is 20.4. The number of urea groups is 1. The molecule has 448 valence electrons. The van der Waals surface area contributed by atoms with Crippen LogP contribution >= 0.6 is 23.2 Å². The number of aliphatic imine (C=N–C) groups is 1. The molecular weight excluding hydrogens is 1150 g/mol. The van der Waals surface area contributed by atoms with Gasteiger partial charge in [-0.05, 0) is 105 Å². The first kappa shape index (κ1) is 63.5. The predicted octanol–water partition coefficient (Wildman–Crippen LogP) is 8.10. The van der Waals surface area contributed by atoms with E-state index in [4.69, 9.17) is 56.6 Å². The summed E-state index contributed by atoms with van der Waals surface area (Å²) in [6.45, 7) is 4.49. The minimum atomic E-state index is -5.08. The lowest BCUT2D eigenvalue weighted by molar-refractivity contribution is -0.388. The van der Waals surface area contributed by atoms with Crippen LogP contribution in [0.2, 0.25) is 10.0 Å². The summed E-state index contributed by atoms with van der Waals surface area (Å²) in [6.07, 6.45) is -5.32. The lowest BCUT2D eigenvalue weighted by Crippen LogP contribution is -2.57. The molecular formula is C57H61Cl2F3N8O14. The largest absolute Gasteiger partial charge is 0.497 e. The van der Waals surface area contributed by atoms with Crippen LogP contribution in [0.1, 0.15) is 55.1 Å². The standard InChI is InChI=1S/C57H61Cl2F3N8O14/c1-35(2)84-47-30-43(79-4)18-19-44(47)53-66-51(36-5-9-38(58)10-6-36)52(37-7-11-39(59)12-8-37)69(53)55(75)68-23-22-67(50(73)32-68)31-48(71)63-21-24-80-25-26-81-27-28-82-33-49(72)64-40-13-16-42(17-14-40)83-34-56(3,76)54(74)65-41-15-20-46(70(77)78)45(29-41)57(60,61)62/h5-20,29-30,35,51-52,76H,21-28,31-34H2,1-4H3,(H,63,71)(H,64,72)(H,65,74)/t51-,52+,56-/m0/s1. The van der Waals surface area contributed by atoms with Gasteiger partial charge in [-0.3, -0.25) is 39.2 Å². The van der Waals surface area contributed by atoms with Gasteiger partial charge in [0.05, 0.1) is 69.3 Å². The number of piperazine rings is 1. The monoisotopic (exact) mass is 1210 g/mol. The molecule has 22 nitrogen and oxygen atoms in total. The summed E-state index contributed by atoms with van der Waals surface area (Å²) in [7, 11) is 1.55. The molecule has 84 heavy (non-hydrogen) atoms. The van der Waals surface area contributed by atoms with E-state index in [0.29, 0.717) is 50.8 Å². The number of hydrogen-bond acceptors (Lipinski definition) is 15. The molecule has 0 saturated carbocycles. The fourth-order valence-corrected chi connectivity index (χ4v) is 8.95. The third kappa shape index (κ3) is 17.3. The summed E-state index contributed by atoms with van der Waals surface area (Å²) in [5.41, 5.74) is -3.03. The molecule has 1 saturated heterocycles. The summed E-state index contributed by atoms with van der Waals surface area (Å²) in [5.74, 6) is -0.979. The van der Waals surface area contributed by atoms with Gasteiger partial charge in [-0.15, -0.1) is 0 Å². The van der Waals surface area contributed by atoms with Gasteiger partial charge in [0.2, 0.25) is 17.7 Å². The van der Waals surface area contributed by atoms with Gasteiger partial charge < -0.3 is 59.3 Å². The van der Waals surface area contributed by atoms with Crippen LogP contribution in [-0.2, 0) is 39.6 Å². The van der Waals surface area contributed by atoms with Gasteiger partial charge >= 0.3 is 12.2 Å². The number of alkyl halides is 3. The lowest BCUT2D eigenvalue weighted by Gasteiger charge is -2.38. The number of nitro groups is 1. The van der Waals surface area contributed by atoms with E-state index in [1.807, 2.05) is 38.1 Å². The molecule has 5 aromatic carbocycles. The number of carbonyl (C=O) groups excluding carboxylic acids is 5. The van der Waals surface area contributed by atoms with Crippen molar-refractivity contribution in [2.75, 3.05) is 96.7 Å². The number of nitrogens with zero attached hydrogens (tertiary/aromatic N) is 5. The zero-order valence-corrected chi connectivity index (χ0v) is 47.5. The molecule has 1 fully saturated rings. The van der Waals surface area contributed by atoms with Crippen molar-refractivity contribution in [2.24, 2.45) is 4.99 Å². The number of hydrogen-bond donors (Lipinski definition) is 4. The first-order chi connectivity index (χ1) is 40.0. The first-order valence-electron chi connectivity index (χ1n) is 26.2. The van der Waals surface area contributed by atoms with Crippen LogP contribution in [-0.4, -0.2) is 158 Å². The molecule has 0 radical (unpaired) electrons. The van der Waals surface area contributed by atoms with E-state index in [-0.39, 0.29) is 84.2 Å². The molecule has 0 unspecified atom stereocenters. The minimum Gasteiger partial charge on any atom is -0.497 e. The zero-order chi connectivity index (χ0) is 60.7. The maximum atomic E-state index is 15.0. The fourth-order valence-electron chi connectivity index (χ4n) is 8.69. The maximum absolute atomic E-state index is 15.0. The maximum Gasteiger partial charge on any atom is 0.423 e. The molecule has 0 aliphatic carbocycles. The van der Waals surface area contributed by atoms with Crippen LogP contribution in [0.3, 0.4) is 0 Å². The normalized spacial score (nSPS) is 16.0. The second kappa shape index (κ2) is 29.0. The average molecular weight is 1210 g/mol. The van der Waals surface area contributed by atoms with Crippen molar-refractivity contribution in [1.29, 1.82) is 0 Å². The van der Waals surface area contributed by atoms with E-state index in [2.05, 4.69) is 16.0 Å². The van der Waals surface area contributed by atoms with E-state index in [9.17, 15) is 47.6 Å². The van der Waals surface area contributed by atoms with E-state index in [0.717, 1.165) is 24.1 Å². The van der Waals surface area contributed by atoms with Crippen molar-refractivity contribution in [3.05, 3.63) is 152 Å². The lowest BCUT2D eigenvalue weighted by atomic mass is 9.93. The summed E-state index contributed by atoms with van der Waals surface area (Å²) in [5, 5.41) is 30.2. The SMILES string of the molecule is COc1ccc(C2=N[C@@H](c3ccc(Cl)cc3)[C@@H](c3ccc(Cl)cc3)N2C(=O)N2CCN(CC(=O)NCCOCCOCCOCC(=O)Nc3ccc(OC[C@](C)(O)C(=O)Nc4ccc([N+](=O)[O-])c(C(F)(F)F)c4)cc3)C(=O)C2)c(OC(C)C)c1. The van der Waals surface area contributed by atoms with E-state index in [1.165, 1.54) is 34.1 Å². The highest BCUT2D eigenvalue weighted by Gasteiger charge is 2.46. The van der Waals surface area contributed by atoms with Crippen LogP contribution in [0, 0.1) is 10.1 Å². The number of carbonyl (C=O) groups is 5. The Kier molecular flexibility index (Phi) is 21.9. The number of nitrogens with one attached hydrogen (secondary N) is 3. The van der Waals surface area contributed by atoms with E-state index >= 15 is 4.79 Å². The Labute approximate surface area is 490 Å². The molecule has 27 heteroatoms. The first-order valence-corrected chi connectivity index (χ1v) is 27.0. The van der Waals surface area contributed by atoms with Gasteiger partial charge in [0.1, 0.15) is 54.4 Å². The molecule has 3 atom stereocenters. The predicted molar refractivity (Wildman–Crippen MR) is 302 cm³/mol. The number of anilines is 2.